The van der Waals surface area contributed by atoms with E-state index in [1.807, 2.05) is 0 Å². The van der Waals surface area contributed by atoms with Crippen LogP contribution in [0.3, 0.4) is 0 Å². The molecule has 0 amide bonds. The Morgan fingerprint density at radius 3 is 2.77 bits per heavy atom. The lowest BCUT2D eigenvalue weighted by Gasteiger charge is -1.96. The lowest BCUT2D eigenvalue weighted by atomic mass is 10.2. The molecular formula is C8H5ClFN3. The summed E-state index contributed by atoms with van der Waals surface area (Å²) in [6.45, 7) is 0. The number of aromatic amines is 1. The summed E-state index contributed by atoms with van der Waals surface area (Å²) in [5.74, 6) is -0.384. The third-order valence-electron chi connectivity index (χ3n) is 1.57. The van der Waals surface area contributed by atoms with Crippen molar-refractivity contribution in [2.75, 3.05) is 0 Å². The van der Waals surface area contributed by atoms with Gasteiger partial charge in [0.2, 0.25) is 0 Å². The fourth-order valence-corrected chi connectivity index (χ4v) is 1.26. The largest absolute Gasteiger partial charge is 0.207 e. The predicted molar refractivity (Wildman–Crippen MR) is 46.8 cm³/mol. The maximum absolute atomic E-state index is 12.9. The van der Waals surface area contributed by atoms with Crippen molar-refractivity contribution in [1.29, 1.82) is 0 Å². The number of nitrogens with one attached hydrogen (secondary N) is 1. The van der Waals surface area contributed by atoms with Gasteiger partial charge in [0, 0.05) is 10.6 Å². The van der Waals surface area contributed by atoms with Crippen LogP contribution in [0.1, 0.15) is 0 Å². The van der Waals surface area contributed by atoms with E-state index in [0.717, 1.165) is 0 Å². The van der Waals surface area contributed by atoms with Gasteiger partial charge in [-0.2, -0.15) is 15.4 Å². The molecule has 1 aromatic carbocycles. The highest BCUT2D eigenvalue weighted by molar-refractivity contribution is 6.30. The number of aromatic nitrogens is 3. The van der Waals surface area contributed by atoms with Crippen molar-refractivity contribution < 1.29 is 4.39 Å². The fourth-order valence-electron chi connectivity index (χ4n) is 1.04. The van der Waals surface area contributed by atoms with Gasteiger partial charge in [-0.3, -0.25) is 0 Å². The quantitative estimate of drug-likeness (QED) is 0.762. The molecule has 0 aliphatic rings. The van der Waals surface area contributed by atoms with Crippen molar-refractivity contribution in [3.8, 4) is 11.3 Å². The van der Waals surface area contributed by atoms with Gasteiger partial charge in [-0.25, -0.2) is 4.39 Å². The smallest absolute Gasteiger partial charge is 0.125 e. The third-order valence-corrected chi connectivity index (χ3v) is 1.79. The minimum absolute atomic E-state index is 0.345. The summed E-state index contributed by atoms with van der Waals surface area (Å²) in [5.41, 5.74) is 1.18. The lowest BCUT2D eigenvalue weighted by molar-refractivity contribution is 0.628. The average molecular weight is 198 g/mol. The molecule has 0 radical (unpaired) electrons. The van der Waals surface area contributed by atoms with Crippen molar-refractivity contribution in [1.82, 2.24) is 15.4 Å². The molecule has 0 saturated carbocycles. The molecular weight excluding hydrogens is 193 g/mol. The molecule has 0 saturated heterocycles. The van der Waals surface area contributed by atoms with Crippen LogP contribution in [0, 0.1) is 5.82 Å². The third kappa shape index (κ3) is 1.67. The van der Waals surface area contributed by atoms with Gasteiger partial charge in [-0.15, -0.1) is 0 Å². The van der Waals surface area contributed by atoms with E-state index in [-0.39, 0.29) is 5.82 Å². The van der Waals surface area contributed by atoms with Gasteiger partial charge in [0.15, 0.2) is 0 Å². The minimum atomic E-state index is -0.384. The number of nitrogens with zero attached hydrogens (tertiary/aromatic N) is 2. The lowest BCUT2D eigenvalue weighted by Crippen LogP contribution is -1.81. The standard InChI is InChI=1S/C8H5ClFN3/c9-6-1-5(2-7(10)3-6)8-4-11-13-12-8/h1-4H,(H,11,12,13). The van der Waals surface area contributed by atoms with Gasteiger partial charge in [0.1, 0.15) is 11.5 Å². The van der Waals surface area contributed by atoms with Crippen molar-refractivity contribution >= 4 is 11.6 Å². The Kier molecular flexibility index (Phi) is 1.98. The molecule has 1 heterocycles. The normalized spacial score (nSPS) is 10.3. The fraction of sp³-hybridized carbons (Fsp3) is 0. The average Bonchev–Trinajstić information content (AvgIpc) is 2.53. The second-order valence-corrected chi connectivity index (χ2v) is 2.95. The molecule has 66 valence electrons. The molecule has 2 aromatic rings. The maximum atomic E-state index is 12.9. The van der Waals surface area contributed by atoms with E-state index in [2.05, 4.69) is 15.4 Å². The Morgan fingerprint density at radius 2 is 2.15 bits per heavy atom. The number of hydrogen-bond donors (Lipinski definition) is 1. The molecule has 5 heteroatoms. The van der Waals surface area contributed by atoms with E-state index in [1.54, 1.807) is 6.07 Å². The zero-order valence-electron chi connectivity index (χ0n) is 6.46. The van der Waals surface area contributed by atoms with Crippen LogP contribution in [-0.2, 0) is 0 Å². The summed E-state index contributed by atoms with van der Waals surface area (Å²) in [6.07, 6.45) is 1.51. The van der Waals surface area contributed by atoms with Crippen LogP contribution < -0.4 is 0 Å². The Labute approximate surface area is 78.5 Å². The number of benzene rings is 1. The van der Waals surface area contributed by atoms with E-state index >= 15 is 0 Å². The summed E-state index contributed by atoms with van der Waals surface area (Å²) in [5, 5.41) is 10.2. The Balaban J connectivity index is 2.53. The molecule has 0 unspecified atom stereocenters. The summed E-state index contributed by atoms with van der Waals surface area (Å²) >= 11 is 5.67. The van der Waals surface area contributed by atoms with Gasteiger partial charge >= 0.3 is 0 Å². The van der Waals surface area contributed by atoms with Gasteiger partial charge in [0.05, 0.1) is 6.20 Å². The van der Waals surface area contributed by atoms with Crippen LogP contribution in [0.2, 0.25) is 5.02 Å². The Bertz CT molecular complexity index is 393. The van der Waals surface area contributed by atoms with Gasteiger partial charge in [0.25, 0.3) is 0 Å². The van der Waals surface area contributed by atoms with Gasteiger partial charge < -0.3 is 0 Å². The van der Waals surface area contributed by atoms with Crippen LogP contribution >= 0.6 is 11.6 Å². The second kappa shape index (κ2) is 3.14. The molecule has 0 aliphatic heterocycles. The molecule has 0 atom stereocenters. The monoisotopic (exact) mass is 197 g/mol. The van der Waals surface area contributed by atoms with Crippen LogP contribution in [-0.4, -0.2) is 15.4 Å². The first kappa shape index (κ1) is 8.19. The molecule has 0 spiro atoms. The summed E-state index contributed by atoms with van der Waals surface area (Å²) in [7, 11) is 0. The van der Waals surface area contributed by atoms with Crippen molar-refractivity contribution in [3.05, 3.63) is 35.2 Å². The molecule has 1 aromatic heterocycles. The van der Waals surface area contributed by atoms with Crippen molar-refractivity contribution in [2.45, 2.75) is 0 Å². The number of hydrogen-bond acceptors (Lipinski definition) is 2. The summed E-state index contributed by atoms with van der Waals surface area (Å²) in [6, 6.07) is 4.22. The zero-order valence-corrected chi connectivity index (χ0v) is 7.22. The SMILES string of the molecule is Fc1cc(Cl)cc(-c2cn[nH]n2)c1. The summed E-state index contributed by atoms with van der Waals surface area (Å²) < 4.78 is 12.9. The number of H-pyrrole nitrogens is 1. The second-order valence-electron chi connectivity index (χ2n) is 2.51. The van der Waals surface area contributed by atoms with Gasteiger partial charge in [-0.1, -0.05) is 11.6 Å². The van der Waals surface area contributed by atoms with E-state index in [4.69, 9.17) is 11.6 Å². The highest BCUT2D eigenvalue weighted by Gasteiger charge is 2.03. The Hall–Kier alpha value is -1.42. The molecule has 0 bridgehead atoms. The first-order valence-corrected chi connectivity index (χ1v) is 3.96. The topological polar surface area (TPSA) is 41.6 Å². The molecule has 2 rings (SSSR count). The van der Waals surface area contributed by atoms with Gasteiger partial charge in [-0.05, 0) is 18.2 Å². The highest BCUT2D eigenvalue weighted by atomic mass is 35.5. The molecule has 0 aliphatic carbocycles. The number of rotatable bonds is 1. The van der Waals surface area contributed by atoms with Crippen molar-refractivity contribution in [2.24, 2.45) is 0 Å². The summed E-state index contributed by atoms with van der Waals surface area (Å²) in [4.78, 5) is 0. The Morgan fingerprint density at radius 1 is 1.31 bits per heavy atom. The first-order chi connectivity index (χ1) is 6.25. The van der Waals surface area contributed by atoms with E-state index < -0.39 is 0 Å². The van der Waals surface area contributed by atoms with Crippen LogP contribution in [0.25, 0.3) is 11.3 Å². The molecule has 13 heavy (non-hydrogen) atoms. The molecule has 0 fully saturated rings. The van der Waals surface area contributed by atoms with E-state index in [0.29, 0.717) is 16.3 Å². The molecule has 3 nitrogen and oxygen atoms in total. The highest BCUT2D eigenvalue weighted by Crippen LogP contribution is 2.21. The van der Waals surface area contributed by atoms with Crippen LogP contribution in [0.4, 0.5) is 4.39 Å². The number of halogens is 2. The molecule has 1 N–H and O–H groups in total. The van der Waals surface area contributed by atoms with E-state index in [9.17, 15) is 4.39 Å². The maximum Gasteiger partial charge on any atom is 0.125 e. The van der Waals surface area contributed by atoms with Crippen LogP contribution in [0.5, 0.6) is 0 Å². The minimum Gasteiger partial charge on any atom is -0.207 e. The van der Waals surface area contributed by atoms with Crippen molar-refractivity contribution in [3.63, 3.8) is 0 Å². The first-order valence-electron chi connectivity index (χ1n) is 3.58. The zero-order chi connectivity index (χ0) is 9.26. The van der Waals surface area contributed by atoms with Crippen LogP contribution in [0.15, 0.2) is 24.4 Å². The predicted octanol–water partition coefficient (Wildman–Crippen LogP) is 2.26. The van der Waals surface area contributed by atoms with E-state index in [1.165, 1.54) is 18.3 Å².